The van der Waals surface area contributed by atoms with Crippen molar-refractivity contribution in [1.29, 1.82) is 0 Å². The molecule has 6 heteroatoms. The second kappa shape index (κ2) is 8.24. The second-order valence-electron chi connectivity index (χ2n) is 5.17. The number of hydrogen-bond donors (Lipinski definition) is 2. The van der Waals surface area contributed by atoms with Gasteiger partial charge in [0.2, 0.25) is 0 Å². The van der Waals surface area contributed by atoms with Crippen LogP contribution in [0.15, 0.2) is 6.20 Å². The number of hydrazine groups is 1. The van der Waals surface area contributed by atoms with E-state index < -0.39 is 0 Å². The molecule has 0 aliphatic heterocycles. The van der Waals surface area contributed by atoms with Gasteiger partial charge >= 0.3 is 0 Å². The molecule has 0 radical (unpaired) electrons. The molecule has 0 amide bonds. The molecule has 1 heterocycles. The number of hydrogen-bond acceptors (Lipinski definition) is 5. The zero-order chi connectivity index (χ0) is 15.1. The summed E-state index contributed by atoms with van der Waals surface area (Å²) in [5.74, 6) is 6.55. The smallest absolute Gasteiger partial charge is 0.161 e. The Labute approximate surface area is 122 Å². The van der Waals surface area contributed by atoms with Gasteiger partial charge in [-0.25, -0.2) is 0 Å². The second-order valence-corrected chi connectivity index (χ2v) is 5.17. The van der Waals surface area contributed by atoms with Crippen LogP contribution < -0.4 is 16.0 Å². The zero-order valence-electron chi connectivity index (χ0n) is 13.4. The van der Waals surface area contributed by atoms with Crippen LogP contribution in [-0.4, -0.2) is 41.4 Å². The molecule has 1 aromatic rings. The first-order valence-electron chi connectivity index (χ1n) is 7.38. The van der Waals surface area contributed by atoms with E-state index in [4.69, 9.17) is 10.6 Å². The monoisotopic (exact) mass is 283 g/mol. The molecular weight excluding hydrogens is 254 g/mol. The third-order valence-corrected chi connectivity index (χ3v) is 3.67. The van der Waals surface area contributed by atoms with Gasteiger partial charge in [-0.3, -0.25) is 16.0 Å². The van der Waals surface area contributed by atoms with E-state index in [1.54, 1.807) is 13.3 Å². The molecule has 1 aromatic heterocycles. The fraction of sp³-hybridized carbons (Fsp3) is 0.786. The maximum Gasteiger partial charge on any atom is 0.161 e. The Bertz CT molecular complexity index is 387. The summed E-state index contributed by atoms with van der Waals surface area (Å²) in [5, 5.41) is 4.41. The summed E-state index contributed by atoms with van der Waals surface area (Å²) in [5.41, 5.74) is 3.94. The van der Waals surface area contributed by atoms with Gasteiger partial charge in [0.1, 0.15) is 0 Å². The Morgan fingerprint density at radius 2 is 2.05 bits per heavy atom. The van der Waals surface area contributed by atoms with Crippen LogP contribution >= 0.6 is 0 Å². The number of nitrogens with two attached hydrogens (primary N) is 1. The summed E-state index contributed by atoms with van der Waals surface area (Å²) in [6.07, 6.45) is 2.68. The molecule has 1 rings (SSSR count). The number of aromatic nitrogens is 2. The molecule has 0 spiro atoms. The van der Waals surface area contributed by atoms with Crippen molar-refractivity contribution in [2.45, 2.75) is 46.2 Å². The first-order chi connectivity index (χ1) is 9.58. The summed E-state index contributed by atoms with van der Waals surface area (Å²) in [6.45, 7) is 11.7. The first kappa shape index (κ1) is 16.9. The molecule has 6 nitrogen and oxygen atoms in total. The Morgan fingerprint density at radius 3 is 2.50 bits per heavy atom. The Kier molecular flexibility index (Phi) is 6.98. The summed E-state index contributed by atoms with van der Waals surface area (Å²) >= 11 is 0. The summed E-state index contributed by atoms with van der Waals surface area (Å²) < 4.78 is 7.40. The Morgan fingerprint density at radius 1 is 1.40 bits per heavy atom. The van der Waals surface area contributed by atoms with Crippen molar-refractivity contribution in [1.82, 2.24) is 20.1 Å². The van der Waals surface area contributed by atoms with Crippen molar-refractivity contribution < 1.29 is 4.74 Å². The van der Waals surface area contributed by atoms with Gasteiger partial charge in [0.25, 0.3) is 0 Å². The lowest BCUT2D eigenvalue weighted by atomic mass is 10.1. The Hall–Kier alpha value is -1.11. The van der Waals surface area contributed by atoms with E-state index in [1.807, 2.05) is 4.68 Å². The minimum Gasteiger partial charge on any atom is -0.493 e. The lowest BCUT2D eigenvalue weighted by Gasteiger charge is -2.24. The number of nitrogens with zero attached hydrogens (tertiary/aromatic N) is 3. The van der Waals surface area contributed by atoms with Gasteiger partial charge in [-0.05, 0) is 33.4 Å². The van der Waals surface area contributed by atoms with Crippen molar-refractivity contribution in [3.05, 3.63) is 11.9 Å². The van der Waals surface area contributed by atoms with Gasteiger partial charge in [0.05, 0.1) is 25.0 Å². The highest BCUT2D eigenvalue weighted by Crippen LogP contribution is 2.29. The van der Waals surface area contributed by atoms with E-state index in [0.29, 0.717) is 0 Å². The average Bonchev–Trinajstić information content (AvgIpc) is 2.88. The van der Waals surface area contributed by atoms with E-state index in [1.165, 1.54) is 0 Å². The van der Waals surface area contributed by atoms with Crippen LogP contribution in [0.4, 0.5) is 0 Å². The zero-order valence-corrected chi connectivity index (χ0v) is 13.4. The quantitative estimate of drug-likeness (QED) is 0.533. The molecule has 1 atom stereocenters. The largest absolute Gasteiger partial charge is 0.493 e. The van der Waals surface area contributed by atoms with Crippen LogP contribution in [0.3, 0.4) is 0 Å². The van der Waals surface area contributed by atoms with Gasteiger partial charge in [-0.15, -0.1) is 0 Å². The SMILES string of the molecule is CCN(CC)CCC(NN)c1c(OC)cnn1C(C)C. The summed E-state index contributed by atoms with van der Waals surface area (Å²) in [6, 6.07) is 0.314. The molecule has 20 heavy (non-hydrogen) atoms. The highest BCUT2D eigenvalue weighted by Gasteiger charge is 2.22. The first-order valence-corrected chi connectivity index (χ1v) is 7.38. The number of methoxy groups -OCH3 is 1. The third-order valence-electron chi connectivity index (χ3n) is 3.67. The number of nitrogens with one attached hydrogen (secondary N) is 1. The highest BCUT2D eigenvalue weighted by molar-refractivity contribution is 5.28. The average molecular weight is 283 g/mol. The fourth-order valence-corrected chi connectivity index (χ4v) is 2.41. The van der Waals surface area contributed by atoms with Gasteiger partial charge < -0.3 is 9.64 Å². The number of rotatable bonds is 9. The van der Waals surface area contributed by atoms with E-state index in [0.717, 1.165) is 37.5 Å². The predicted octanol–water partition coefficient (Wildman–Crippen LogP) is 1.71. The molecular formula is C14H29N5O. The predicted molar refractivity (Wildman–Crippen MR) is 81.6 cm³/mol. The van der Waals surface area contributed by atoms with Crippen molar-refractivity contribution in [2.24, 2.45) is 5.84 Å². The van der Waals surface area contributed by atoms with E-state index >= 15 is 0 Å². The molecule has 3 N–H and O–H groups in total. The van der Waals surface area contributed by atoms with Crippen molar-refractivity contribution in [2.75, 3.05) is 26.7 Å². The van der Waals surface area contributed by atoms with Gasteiger partial charge in [-0.2, -0.15) is 5.10 Å². The standard InChI is InChI=1S/C14H29N5O/c1-6-18(7-2)9-8-12(17-15)14-13(20-5)10-16-19(14)11(3)4/h10-12,17H,6-9,15H2,1-5H3. The molecule has 0 saturated carbocycles. The molecule has 1 unspecified atom stereocenters. The lowest BCUT2D eigenvalue weighted by molar-refractivity contribution is 0.275. The van der Waals surface area contributed by atoms with Crippen LogP contribution in [0.1, 0.15) is 51.9 Å². The van der Waals surface area contributed by atoms with Gasteiger partial charge in [0, 0.05) is 12.6 Å². The minimum absolute atomic E-state index is 0.0375. The maximum atomic E-state index is 5.76. The number of ether oxygens (including phenoxy) is 1. The van der Waals surface area contributed by atoms with Gasteiger partial charge in [0.15, 0.2) is 5.75 Å². The highest BCUT2D eigenvalue weighted by atomic mass is 16.5. The molecule has 0 aliphatic rings. The van der Waals surface area contributed by atoms with E-state index in [-0.39, 0.29) is 12.1 Å². The van der Waals surface area contributed by atoms with Crippen LogP contribution in [0.2, 0.25) is 0 Å². The minimum atomic E-state index is 0.0375. The van der Waals surface area contributed by atoms with Crippen molar-refractivity contribution in [3.8, 4) is 5.75 Å². The van der Waals surface area contributed by atoms with Crippen LogP contribution in [0.25, 0.3) is 0 Å². The molecule has 116 valence electrons. The van der Waals surface area contributed by atoms with Gasteiger partial charge in [-0.1, -0.05) is 13.8 Å². The van der Waals surface area contributed by atoms with Crippen molar-refractivity contribution >= 4 is 0 Å². The molecule has 0 saturated heterocycles. The topological polar surface area (TPSA) is 68.3 Å². The lowest BCUT2D eigenvalue weighted by Crippen LogP contribution is -2.34. The molecule has 0 bridgehead atoms. The van der Waals surface area contributed by atoms with E-state index in [9.17, 15) is 0 Å². The molecule has 0 fully saturated rings. The van der Waals surface area contributed by atoms with Crippen LogP contribution in [0, 0.1) is 0 Å². The molecule has 0 aromatic carbocycles. The Balaban J connectivity index is 2.90. The van der Waals surface area contributed by atoms with E-state index in [2.05, 4.69) is 43.1 Å². The van der Waals surface area contributed by atoms with Crippen LogP contribution in [-0.2, 0) is 0 Å². The van der Waals surface area contributed by atoms with Crippen molar-refractivity contribution in [3.63, 3.8) is 0 Å². The maximum absolute atomic E-state index is 5.76. The van der Waals surface area contributed by atoms with Crippen LogP contribution in [0.5, 0.6) is 5.75 Å². The summed E-state index contributed by atoms with van der Waals surface area (Å²) in [7, 11) is 1.67. The fourth-order valence-electron chi connectivity index (χ4n) is 2.41. The molecule has 0 aliphatic carbocycles. The normalized spacial score (nSPS) is 13.2. The third kappa shape index (κ3) is 3.94. The summed E-state index contributed by atoms with van der Waals surface area (Å²) in [4.78, 5) is 2.38.